The predicted molar refractivity (Wildman–Crippen MR) is 81.9 cm³/mol. The molecule has 2 rings (SSSR count). The van der Waals surface area contributed by atoms with Gasteiger partial charge in [0.2, 0.25) is 5.91 Å². The fourth-order valence-electron chi connectivity index (χ4n) is 2.29. The zero-order chi connectivity index (χ0) is 17.9. The number of ether oxygens (including phenoxy) is 1. The monoisotopic (exact) mass is 365 g/mol. The number of halogens is 3. The molecule has 1 N–H and O–H groups in total. The first-order valence-corrected chi connectivity index (χ1v) is 8.20. The molecule has 0 atom stereocenters. The lowest BCUT2D eigenvalue weighted by Crippen LogP contribution is -2.42. The van der Waals surface area contributed by atoms with Crippen molar-refractivity contribution in [3.63, 3.8) is 0 Å². The van der Waals surface area contributed by atoms with Crippen LogP contribution in [0.25, 0.3) is 0 Å². The largest absolute Gasteiger partial charge is 0.440 e. The minimum absolute atomic E-state index is 0.185. The summed E-state index contributed by atoms with van der Waals surface area (Å²) in [6, 6.07) is 0. The Kier molecular flexibility index (Phi) is 5.68. The van der Waals surface area contributed by atoms with Gasteiger partial charge < -0.3 is 15.0 Å². The quantitative estimate of drug-likeness (QED) is 0.893. The predicted octanol–water partition coefficient (Wildman–Crippen LogP) is 3.11. The third-order valence-corrected chi connectivity index (χ3v) is 4.73. The van der Waals surface area contributed by atoms with Crippen LogP contribution in [-0.4, -0.2) is 47.8 Å². The number of aryl methyl sites for hydroxylation is 2. The highest BCUT2D eigenvalue weighted by molar-refractivity contribution is 7.15. The zero-order valence-corrected chi connectivity index (χ0v) is 14.1. The molecule has 0 aliphatic carbocycles. The van der Waals surface area contributed by atoms with Crippen molar-refractivity contribution in [1.29, 1.82) is 0 Å². The van der Waals surface area contributed by atoms with Crippen LogP contribution in [0.3, 0.4) is 0 Å². The Morgan fingerprint density at radius 2 is 1.96 bits per heavy atom. The summed E-state index contributed by atoms with van der Waals surface area (Å²) in [5.41, 5.74) is 0.859. The molecule has 0 aromatic carbocycles. The lowest BCUT2D eigenvalue weighted by Gasteiger charge is -2.30. The summed E-state index contributed by atoms with van der Waals surface area (Å²) >= 11 is 1.39. The Labute approximate surface area is 141 Å². The van der Waals surface area contributed by atoms with Crippen LogP contribution in [0.5, 0.6) is 0 Å². The van der Waals surface area contributed by atoms with Gasteiger partial charge in [0.1, 0.15) is 0 Å². The number of hydrogen-bond acceptors (Lipinski definition) is 5. The van der Waals surface area contributed by atoms with Crippen LogP contribution in [-0.2, 0) is 9.53 Å². The van der Waals surface area contributed by atoms with E-state index < -0.39 is 18.9 Å². The lowest BCUT2D eigenvalue weighted by atomic mass is 9.96. The highest BCUT2D eigenvalue weighted by Gasteiger charge is 2.33. The Bertz CT molecular complexity index is 591. The van der Waals surface area contributed by atoms with Gasteiger partial charge in [-0.15, -0.1) is 11.3 Å². The molecule has 1 aliphatic heterocycles. The number of nitrogens with one attached hydrogen (secondary N) is 1. The van der Waals surface area contributed by atoms with Crippen molar-refractivity contribution in [2.45, 2.75) is 32.9 Å². The number of alkyl halides is 3. The second-order valence-corrected chi connectivity index (χ2v) is 6.78. The van der Waals surface area contributed by atoms with E-state index in [1.807, 2.05) is 13.8 Å². The summed E-state index contributed by atoms with van der Waals surface area (Å²) in [6.45, 7) is 2.53. The first-order valence-electron chi connectivity index (χ1n) is 7.39. The Morgan fingerprint density at radius 1 is 1.33 bits per heavy atom. The summed E-state index contributed by atoms with van der Waals surface area (Å²) in [6.07, 6.45) is -4.80. The van der Waals surface area contributed by atoms with Gasteiger partial charge in [-0.3, -0.25) is 4.79 Å². The van der Waals surface area contributed by atoms with Crippen molar-refractivity contribution in [1.82, 2.24) is 9.88 Å². The number of likely N-dealkylation sites (tertiary alicyclic amines) is 1. The van der Waals surface area contributed by atoms with Crippen molar-refractivity contribution in [3.8, 4) is 0 Å². The number of carbonyl (C=O) groups is 2. The molecule has 0 spiro atoms. The van der Waals surface area contributed by atoms with Crippen molar-refractivity contribution >= 4 is 28.5 Å². The van der Waals surface area contributed by atoms with E-state index in [9.17, 15) is 22.8 Å². The van der Waals surface area contributed by atoms with Crippen molar-refractivity contribution < 1.29 is 27.5 Å². The number of piperidine rings is 1. The van der Waals surface area contributed by atoms with Crippen LogP contribution in [0.4, 0.5) is 23.1 Å². The highest BCUT2D eigenvalue weighted by atomic mass is 32.1. The van der Waals surface area contributed by atoms with Gasteiger partial charge in [0.05, 0.1) is 5.69 Å². The molecule has 134 valence electrons. The molecule has 0 unspecified atom stereocenters. The van der Waals surface area contributed by atoms with Gasteiger partial charge in [-0.2, -0.15) is 13.2 Å². The van der Waals surface area contributed by atoms with E-state index in [1.165, 1.54) is 16.2 Å². The van der Waals surface area contributed by atoms with E-state index in [2.05, 4.69) is 15.0 Å². The van der Waals surface area contributed by atoms with Crippen LogP contribution in [0.1, 0.15) is 23.4 Å². The summed E-state index contributed by atoms with van der Waals surface area (Å²) in [5.74, 6) is -0.492. The molecule has 2 amide bonds. The minimum Gasteiger partial charge on any atom is -0.440 e. The first kappa shape index (κ1) is 18.5. The summed E-state index contributed by atoms with van der Waals surface area (Å²) in [4.78, 5) is 30.2. The van der Waals surface area contributed by atoms with Crippen molar-refractivity contribution in [3.05, 3.63) is 10.6 Å². The molecule has 1 saturated heterocycles. The van der Waals surface area contributed by atoms with E-state index in [1.54, 1.807) is 0 Å². The number of rotatable bonds is 3. The SMILES string of the molecule is Cc1nc(NC(=O)C2CCN(C(=O)OCC(F)(F)F)CC2)sc1C. The Morgan fingerprint density at radius 3 is 2.46 bits per heavy atom. The maximum absolute atomic E-state index is 12.2. The average Bonchev–Trinajstić information content (AvgIpc) is 2.82. The maximum Gasteiger partial charge on any atom is 0.422 e. The second-order valence-electron chi connectivity index (χ2n) is 5.58. The third-order valence-electron chi connectivity index (χ3n) is 3.74. The summed E-state index contributed by atoms with van der Waals surface area (Å²) in [7, 11) is 0. The lowest BCUT2D eigenvalue weighted by molar-refractivity contribution is -0.162. The number of anilines is 1. The normalized spacial score (nSPS) is 16.1. The molecule has 0 saturated carbocycles. The van der Waals surface area contributed by atoms with Crippen LogP contribution < -0.4 is 5.32 Å². The van der Waals surface area contributed by atoms with Crippen LogP contribution in [0.15, 0.2) is 0 Å². The fourth-order valence-corrected chi connectivity index (χ4v) is 3.11. The number of nitrogens with zero attached hydrogens (tertiary/aromatic N) is 2. The van der Waals surface area contributed by atoms with Gasteiger partial charge in [0.15, 0.2) is 11.7 Å². The van der Waals surface area contributed by atoms with Crippen LogP contribution >= 0.6 is 11.3 Å². The molecule has 0 radical (unpaired) electrons. The number of amides is 2. The second kappa shape index (κ2) is 7.37. The van der Waals surface area contributed by atoms with E-state index in [0.29, 0.717) is 18.0 Å². The van der Waals surface area contributed by atoms with Gasteiger partial charge >= 0.3 is 12.3 Å². The molecule has 24 heavy (non-hydrogen) atoms. The molecule has 0 bridgehead atoms. The number of carbonyl (C=O) groups excluding carboxylic acids is 2. The van der Waals surface area contributed by atoms with Gasteiger partial charge in [-0.25, -0.2) is 9.78 Å². The number of thiazole rings is 1. The molecular weight excluding hydrogens is 347 g/mol. The number of aromatic nitrogens is 1. The summed E-state index contributed by atoms with van der Waals surface area (Å²) in [5, 5.41) is 3.28. The minimum atomic E-state index is -4.54. The van der Waals surface area contributed by atoms with Gasteiger partial charge in [0.25, 0.3) is 0 Å². The standard InChI is InChI=1S/C14H18F3N3O3S/c1-8-9(2)24-12(18-8)19-11(21)10-3-5-20(6-4-10)13(22)23-7-14(15,16)17/h10H,3-7H2,1-2H3,(H,18,19,21). The van der Waals surface area contributed by atoms with Crippen molar-refractivity contribution in [2.75, 3.05) is 25.0 Å². The van der Waals surface area contributed by atoms with Gasteiger partial charge in [0, 0.05) is 23.9 Å². The van der Waals surface area contributed by atoms with Gasteiger partial charge in [-0.05, 0) is 26.7 Å². The molecule has 1 aromatic rings. The Hall–Kier alpha value is -1.84. The molecular formula is C14H18F3N3O3S. The van der Waals surface area contributed by atoms with Crippen LogP contribution in [0, 0.1) is 19.8 Å². The molecule has 1 aliphatic rings. The molecule has 2 heterocycles. The van der Waals surface area contributed by atoms with Gasteiger partial charge in [-0.1, -0.05) is 0 Å². The number of hydrogen-bond donors (Lipinski definition) is 1. The topological polar surface area (TPSA) is 71.5 Å². The van der Waals surface area contributed by atoms with E-state index in [4.69, 9.17) is 0 Å². The zero-order valence-electron chi connectivity index (χ0n) is 13.3. The molecule has 6 nitrogen and oxygen atoms in total. The average molecular weight is 365 g/mol. The van der Waals surface area contributed by atoms with E-state index >= 15 is 0 Å². The smallest absolute Gasteiger partial charge is 0.422 e. The highest BCUT2D eigenvalue weighted by Crippen LogP contribution is 2.24. The van der Waals surface area contributed by atoms with E-state index in [0.717, 1.165) is 10.6 Å². The Balaban J connectivity index is 1.79. The van der Waals surface area contributed by atoms with Crippen LogP contribution in [0.2, 0.25) is 0 Å². The maximum atomic E-state index is 12.2. The van der Waals surface area contributed by atoms with E-state index in [-0.39, 0.29) is 24.9 Å². The molecule has 10 heteroatoms. The van der Waals surface area contributed by atoms with Crippen molar-refractivity contribution in [2.24, 2.45) is 5.92 Å². The molecule has 1 aromatic heterocycles. The summed E-state index contributed by atoms with van der Waals surface area (Å²) < 4.78 is 40.3. The first-order chi connectivity index (χ1) is 11.2. The third kappa shape index (κ3) is 5.08. The fraction of sp³-hybridized carbons (Fsp3) is 0.643. The molecule has 1 fully saturated rings.